The van der Waals surface area contributed by atoms with E-state index in [9.17, 15) is 8.42 Å². The molecule has 0 bridgehead atoms. The largest absolute Gasteiger partial charge is 0.286 e. The second kappa shape index (κ2) is 5.63. The average Bonchev–Trinajstić information content (AvgIpc) is 2.29. The highest BCUT2D eigenvalue weighted by Crippen LogP contribution is 2.11. The van der Waals surface area contributed by atoms with Crippen molar-refractivity contribution in [2.24, 2.45) is 0 Å². The highest BCUT2D eigenvalue weighted by atomic mass is 32.2. The van der Waals surface area contributed by atoms with Crippen LogP contribution in [0.3, 0.4) is 0 Å². The summed E-state index contributed by atoms with van der Waals surface area (Å²) in [5, 5.41) is 2.62. The Balaban J connectivity index is 0.000000187. The van der Waals surface area contributed by atoms with Gasteiger partial charge in [0.2, 0.25) is 0 Å². The van der Waals surface area contributed by atoms with E-state index in [1.54, 1.807) is 0 Å². The summed E-state index contributed by atoms with van der Waals surface area (Å²) in [7, 11) is -3.66. The Morgan fingerprint density at radius 2 is 1.19 bits per heavy atom. The van der Waals surface area contributed by atoms with Gasteiger partial charge in [-0.05, 0) is 17.7 Å². The maximum Gasteiger partial charge on any atom is 0.264 e. The van der Waals surface area contributed by atoms with Crippen LogP contribution in [0.15, 0.2) is 48.5 Å². The van der Waals surface area contributed by atoms with Crippen LogP contribution in [0.5, 0.6) is 0 Å². The first-order chi connectivity index (χ1) is 7.53. The van der Waals surface area contributed by atoms with Gasteiger partial charge in [0, 0.05) is 0 Å². The molecule has 0 aromatic heterocycles. The van der Waals surface area contributed by atoms with E-state index in [0.29, 0.717) is 0 Å². The molecule has 0 aliphatic carbocycles. The van der Waals surface area contributed by atoms with Gasteiger partial charge in [0.1, 0.15) is 0 Å². The lowest BCUT2D eigenvalue weighted by atomic mass is 10.1. The lowest BCUT2D eigenvalue weighted by Gasteiger charge is -1.92. The third-order valence-corrected chi connectivity index (χ3v) is 2.75. The highest BCUT2D eigenvalue weighted by Gasteiger charge is 1.93. The molecule has 0 atom stereocenters. The second-order valence-corrected chi connectivity index (χ2v) is 4.96. The minimum atomic E-state index is -3.66. The van der Waals surface area contributed by atoms with Crippen molar-refractivity contribution in [2.75, 3.05) is 5.75 Å². The molecular formula is C12H14O3S. The zero-order chi connectivity index (χ0) is 12.0. The van der Waals surface area contributed by atoms with E-state index in [2.05, 4.69) is 48.5 Å². The Morgan fingerprint density at radius 3 is 1.38 bits per heavy atom. The lowest BCUT2D eigenvalue weighted by molar-refractivity contribution is 0.484. The van der Waals surface area contributed by atoms with E-state index in [-0.39, 0.29) is 5.75 Å². The van der Waals surface area contributed by atoms with Crippen LogP contribution in [-0.2, 0) is 10.1 Å². The maximum absolute atomic E-state index is 9.56. The number of fused-ring (bicyclic) bond motifs is 1. The molecule has 0 saturated carbocycles. The van der Waals surface area contributed by atoms with Crippen LogP contribution in [-0.4, -0.2) is 18.7 Å². The van der Waals surface area contributed by atoms with Crippen LogP contribution in [0.25, 0.3) is 10.8 Å². The molecule has 3 nitrogen and oxygen atoms in total. The van der Waals surface area contributed by atoms with Crippen LogP contribution >= 0.6 is 0 Å². The summed E-state index contributed by atoms with van der Waals surface area (Å²) < 4.78 is 26.9. The van der Waals surface area contributed by atoms with Gasteiger partial charge in [-0.25, -0.2) is 0 Å². The van der Waals surface area contributed by atoms with E-state index in [4.69, 9.17) is 4.55 Å². The second-order valence-electron chi connectivity index (χ2n) is 3.22. The van der Waals surface area contributed by atoms with Gasteiger partial charge in [-0.1, -0.05) is 48.5 Å². The Morgan fingerprint density at radius 1 is 0.938 bits per heavy atom. The molecule has 1 N–H and O–H groups in total. The van der Waals surface area contributed by atoms with Gasteiger partial charge in [-0.3, -0.25) is 4.55 Å². The number of benzene rings is 2. The van der Waals surface area contributed by atoms with Crippen molar-refractivity contribution in [1.82, 2.24) is 0 Å². The van der Waals surface area contributed by atoms with Crippen LogP contribution < -0.4 is 0 Å². The molecule has 0 unspecified atom stereocenters. The normalized spacial score (nSPS) is 10.6. The van der Waals surface area contributed by atoms with Gasteiger partial charge in [0.25, 0.3) is 10.1 Å². The third-order valence-electron chi connectivity index (χ3n) is 2.02. The number of rotatable bonds is 1. The monoisotopic (exact) mass is 238 g/mol. The van der Waals surface area contributed by atoms with Gasteiger partial charge >= 0.3 is 0 Å². The fourth-order valence-corrected chi connectivity index (χ4v) is 1.13. The average molecular weight is 238 g/mol. The fraction of sp³-hybridized carbons (Fsp3) is 0.167. The van der Waals surface area contributed by atoms with Crippen molar-refractivity contribution < 1.29 is 13.0 Å². The molecule has 0 aliphatic rings. The maximum atomic E-state index is 9.56. The summed E-state index contributed by atoms with van der Waals surface area (Å²) in [6.07, 6.45) is 0. The molecule has 2 rings (SSSR count). The van der Waals surface area contributed by atoms with E-state index in [1.165, 1.54) is 17.7 Å². The molecule has 0 saturated heterocycles. The Labute approximate surface area is 95.5 Å². The first-order valence-corrected chi connectivity index (χ1v) is 6.53. The van der Waals surface area contributed by atoms with Gasteiger partial charge in [0.05, 0.1) is 5.75 Å². The van der Waals surface area contributed by atoms with Gasteiger partial charge in [-0.2, -0.15) is 8.42 Å². The molecule has 86 valence electrons. The molecule has 0 fully saturated rings. The minimum Gasteiger partial charge on any atom is -0.286 e. The lowest BCUT2D eigenvalue weighted by Crippen LogP contribution is -1.97. The molecule has 0 aliphatic heterocycles. The molecule has 0 radical (unpaired) electrons. The summed E-state index contributed by atoms with van der Waals surface area (Å²) in [6.45, 7) is 1.37. The molecule has 2 aromatic carbocycles. The van der Waals surface area contributed by atoms with Crippen molar-refractivity contribution in [3.05, 3.63) is 48.5 Å². The first-order valence-electron chi connectivity index (χ1n) is 4.92. The smallest absolute Gasteiger partial charge is 0.264 e. The van der Waals surface area contributed by atoms with Crippen molar-refractivity contribution in [3.63, 3.8) is 0 Å². The van der Waals surface area contributed by atoms with Crippen LogP contribution in [0.1, 0.15) is 6.92 Å². The van der Waals surface area contributed by atoms with Crippen molar-refractivity contribution >= 4 is 20.9 Å². The van der Waals surface area contributed by atoms with Crippen LogP contribution in [0.2, 0.25) is 0 Å². The van der Waals surface area contributed by atoms with E-state index < -0.39 is 10.1 Å². The van der Waals surface area contributed by atoms with Crippen LogP contribution in [0.4, 0.5) is 0 Å². The zero-order valence-electron chi connectivity index (χ0n) is 9.00. The Hall–Kier alpha value is -1.39. The summed E-state index contributed by atoms with van der Waals surface area (Å²) >= 11 is 0. The first kappa shape index (κ1) is 12.7. The highest BCUT2D eigenvalue weighted by molar-refractivity contribution is 7.85. The molecule has 16 heavy (non-hydrogen) atoms. The SMILES string of the molecule is CCS(=O)(=O)O.c1ccc2ccccc2c1. The number of hydrogen-bond donors (Lipinski definition) is 1. The predicted molar refractivity (Wildman–Crippen MR) is 66.0 cm³/mol. The van der Waals surface area contributed by atoms with Crippen molar-refractivity contribution in [1.29, 1.82) is 0 Å². The van der Waals surface area contributed by atoms with E-state index in [1.807, 2.05) is 0 Å². The van der Waals surface area contributed by atoms with Crippen molar-refractivity contribution in [3.8, 4) is 0 Å². The summed E-state index contributed by atoms with van der Waals surface area (Å²) in [5.74, 6) is -0.201. The quantitative estimate of drug-likeness (QED) is 0.777. The summed E-state index contributed by atoms with van der Waals surface area (Å²) in [6, 6.07) is 16.7. The minimum absolute atomic E-state index is 0.201. The molecule has 0 heterocycles. The topological polar surface area (TPSA) is 54.4 Å². The van der Waals surface area contributed by atoms with Gasteiger partial charge in [0.15, 0.2) is 0 Å². The van der Waals surface area contributed by atoms with Gasteiger partial charge < -0.3 is 0 Å². The number of hydrogen-bond acceptors (Lipinski definition) is 2. The van der Waals surface area contributed by atoms with E-state index in [0.717, 1.165) is 0 Å². The Bertz CT molecular complexity index is 481. The summed E-state index contributed by atoms with van der Waals surface area (Å²) in [5.41, 5.74) is 0. The molecule has 4 heteroatoms. The molecule has 2 aromatic rings. The molecule has 0 amide bonds. The Kier molecular flexibility index (Phi) is 4.46. The van der Waals surface area contributed by atoms with Gasteiger partial charge in [-0.15, -0.1) is 0 Å². The predicted octanol–water partition coefficient (Wildman–Crippen LogP) is 2.73. The zero-order valence-corrected chi connectivity index (χ0v) is 9.81. The molecular weight excluding hydrogens is 224 g/mol. The standard InChI is InChI=1S/C10H8.C2H6O3S/c1-2-6-10-8-4-3-7-9(10)5-1;1-2-6(3,4)5/h1-8H;2H2,1H3,(H,3,4,5). The fourth-order valence-electron chi connectivity index (χ4n) is 1.13. The van der Waals surface area contributed by atoms with Crippen molar-refractivity contribution in [2.45, 2.75) is 6.92 Å². The third kappa shape index (κ3) is 4.42. The summed E-state index contributed by atoms with van der Waals surface area (Å²) in [4.78, 5) is 0. The molecule has 0 spiro atoms. The van der Waals surface area contributed by atoms with Crippen LogP contribution in [0, 0.1) is 0 Å². The van der Waals surface area contributed by atoms with E-state index >= 15 is 0 Å².